The summed E-state index contributed by atoms with van der Waals surface area (Å²) in [6.45, 7) is 1.57. The number of hydrogen-bond acceptors (Lipinski definition) is 2. The Balaban J connectivity index is 2.25. The molecule has 0 saturated carbocycles. The second-order valence-electron chi connectivity index (χ2n) is 4.64. The molecule has 96 valence electrons. The third-order valence-corrected chi connectivity index (χ3v) is 3.37. The fraction of sp³-hybridized carbons (Fsp3) is 0.0588. The minimum Gasteiger partial charge on any atom is -0.316 e. The third-order valence-electron chi connectivity index (χ3n) is 3.37. The van der Waals surface area contributed by atoms with Crippen LogP contribution in [0, 0.1) is 11.3 Å². The zero-order valence-electron chi connectivity index (χ0n) is 11.0. The van der Waals surface area contributed by atoms with Crippen LogP contribution in [0.25, 0.3) is 16.6 Å². The zero-order chi connectivity index (χ0) is 14.1. The van der Waals surface area contributed by atoms with Gasteiger partial charge in [-0.3, -0.25) is 4.79 Å². The lowest BCUT2D eigenvalue weighted by atomic mass is 10.1. The second-order valence-corrected chi connectivity index (χ2v) is 4.64. The van der Waals surface area contributed by atoms with Crippen molar-refractivity contribution in [1.29, 1.82) is 5.26 Å². The van der Waals surface area contributed by atoms with E-state index in [0.717, 1.165) is 16.6 Å². The number of aromatic nitrogens is 1. The molecule has 1 heterocycles. The van der Waals surface area contributed by atoms with Crippen LogP contribution >= 0.6 is 0 Å². The highest BCUT2D eigenvalue weighted by Crippen LogP contribution is 2.25. The molecule has 1 aromatic heterocycles. The molecule has 0 bridgehead atoms. The number of carbonyl (C=O) groups is 1. The highest BCUT2D eigenvalue weighted by atomic mass is 16.1. The molecule has 0 fully saturated rings. The number of para-hydroxylation sites is 1. The van der Waals surface area contributed by atoms with Crippen LogP contribution in [-0.4, -0.2) is 10.4 Å². The first kappa shape index (κ1) is 12.2. The van der Waals surface area contributed by atoms with Gasteiger partial charge in [-0.2, -0.15) is 5.26 Å². The number of fused-ring (bicyclic) bond motifs is 1. The Hall–Kier alpha value is -2.86. The highest BCUT2D eigenvalue weighted by Gasteiger charge is 2.12. The summed E-state index contributed by atoms with van der Waals surface area (Å²) in [6, 6.07) is 17.2. The van der Waals surface area contributed by atoms with Crippen molar-refractivity contribution >= 4 is 16.7 Å². The molecular weight excluding hydrogens is 248 g/mol. The predicted octanol–water partition coefficient (Wildman–Crippen LogP) is 3.70. The molecule has 0 aliphatic carbocycles. The number of carbonyl (C=O) groups excluding carboxylic acids is 1. The van der Waals surface area contributed by atoms with Crippen LogP contribution < -0.4 is 0 Å². The van der Waals surface area contributed by atoms with E-state index in [1.165, 1.54) is 0 Å². The summed E-state index contributed by atoms with van der Waals surface area (Å²) in [4.78, 5) is 11.7. The number of nitriles is 1. The van der Waals surface area contributed by atoms with Crippen LogP contribution in [-0.2, 0) is 0 Å². The molecule has 0 spiro atoms. The van der Waals surface area contributed by atoms with Gasteiger partial charge in [0.15, 0.2) is 5.78 Å². The Labute approximate surface area is 116 Å². The minimum absolute atomic E-state index is 0.0496. The monoisotopic (exact) mass is 260 g/mol. The topological polar surface area (TPSA) is 45.8 Å². The van der Waals surface area contributed by atoms with E-state index in [9.17, 15) is 4.79 Å². The molecular formula is C17H12N2O. The molecule has 0 amide bonds. The van der Waals surface area contributed by atoms with E-state index in [4.69, 9.17) is 5.26 Å². The summed E-state index contributed by atoms with van der Waals surface area (Å²) in [7, 11) is 0. The summed E-state index contributed by atoms with van der Waals surface area (Å²) in [5.41, 5.74) is 3.26. The molecule has 0 radical (unpaired) electrons. The molecule has 2 aromatic carbocycles. The summed E-state index contributed by atoms with van der Waals surface area (Å²) in [5.74, 6) is 0.0496. The Bertz CT molecular complexity index is 836. The second kappa shape index (κ2) is 4.67. The smallest absolute Gasteiger partial charge is 0.161 e. The number of rotatable bonds is 2. The normalized spacial score (nSPS) is 10.4. The van der Waals surface area contributed by atoms with Gasteiger partial charge >= 0.3 is 0 Å². The molecule has 0 N–H and O–H groups in total. The van der Waals surface area contributed by atoms with Crippen LogP contribution in [0.3, 0.4) is 0 Å². The van der Waals surface area contributed by atoms with E-state index in [1.54, 1.807) is 19.1 Å². The molecule has 0 unspecified atom stereocenters. The molecule has 0 aliphatic rings. The fourth-order valence-electron chi connectivity index (χ4n) is 2.37. The quantitative estimate of drug-likeness (QED) is 0.659. The van der Waals surface area contributed by atoms with Crippen molar-refractivity contribution < 1.29 is 4.79 Å². The third kappa shape index (κ3) is 1.88. The van der Waals surface area contributed by atoms with Gasteiger partial charge in [0.1, 0.15) is 0 Å². The van der Waals surface area contributed by atoms with E-state index in [0.29, 0.717) is 11.1 Å². The van der Waals surface area contributed by atoms with Crippen molar-refractivity contribution in [2.45, 2.75) is 6.92 Å². The summed E-state index contributed by atoms with van der Waals surface area (Å²) >= 11 is 0. The van der Waals surface area contributed by atoms with Gasteiger partial charge in [0.05, 0.1) is 17.1 Å². The first-order valence-electron chi connectivity index (χ1n) is 6.32. The fourth-order valence-corrected chi connectivity index (χ4v) is 2.37. The zero-order valence-corrected chi connectivity index (χ0v) is 11.0. The maximum atomic E-state index is 11.7. The van der Waals surface area contributed by atoms with Gasteiger partial charge in [-0.1, -0.05) is 18.2 Å². The first-order valence-corrected chi connectivity index (χ1v) is 6.32. The molecule has 3 aromatic rings. The summed E-state index contributed by atoms with van der Waals surface area (Å²) in [5, 5.41) is 9.79. The van der Waals surface area contributed by atoms with Crippen molar-refractivity contribution in [2.75, 3.05) is 0 Å². The Morgan fingerprint density at radius 3 is 2.45 bits per heavy atom. The van der Waals surface area contributed by atoms with Crippen molar-refractivity contribution in [1.82, 2.24) is 4.57 Å². The van der Waals surface area contributed by atoms with Crippen LogP contribution in [0.1, 0.15) is 22.8 Å². The maximum absolute atomic E-state index is 11.7. The van der Waals surface area contributed by atoms with Crippen LogP contribution in [0.5, 0.6) is 0 Å². The number of nitrogens with zero attached hydrogens (tertiary/aromatic N) is 2. The van der Waals surface area contributed by atoms with Gasteiger partial charge < -0.3 is 4.57 Å². The Morgan fingerprint density at radius 2 is 1.80 bits per heavy atom. The number of benzene rings is 2. The largest absolute Gasteiger partial charge is 0.316 e. The van der Waals surface area contributed by atoms with Crippen LogP contribution in [0.2, 0.25) is 0 Å². The van der Waals surface area contributed by atoms with Crippen molar-refractivity contribution in [2.24, 2.45) is 0 Å². The van der Waals surface area contributed by atoms with Gasteiger partial charge in [-0.05, 0) is 37.3 Å². The molecule has 20 heavy (non-hydrogen) atoms. The molecule has 0 saturated heterocycles. The summed E-state index contributed by atoms with van der Waals surface area (Å²) < 4.78 is 1.98. The lowest BCUT2D eigenvalue weighted by molar-refractivity contribution is 0.101. The first-order chi connectivity index (χ1) is 9.70. The molecule has 3 heteroatoms. The van der Waals surface area contributed by atoms with Gasteiger partial charge in [-0.25, -0.2) is 0 Å². The SMILES string of the molecule is CC(=O)c1cn(-c2ccc(C#N)cc2)c2ccccc12. The molecule has 3 nitrogen and oxygen atoms in total. The average Bonchev–Trinajstić information content (AvgIpc) is 2.87. The van der Waals surface area contributed by atoms with Gasteiger partial charge in [0.2, 0.25) is 0 Å². The predicted molar refractivity (Wildman–Crippen MR) is 78.0 cm³/mol. The number of ketones is 1. The van der Waals surface area contributed by atoms with E-state index in [2.05, 4.69) is 6.07 Å². The van der Waals surface area contributed by atoms with Crippen LogP contribution in [0.15, 0.2) is 54.7 Å². The molecule has 0 aliphatic heterocycles. The summed E-state index contributed by atoms with van der Waals surface area (Å²) in [6.07, 6.45) is 1.86. The average molecular weight is 260 g/mol. The molecule has 3 rings (SSSR count). The van der Waals surface area contributed by atoms with E-state index < -0.39 is 0 Å². The molecule has 0 atom stereocenters. The van der Waals surface area contributed by atoms with E-state index in [1.807, 2.05) is 47.2 Å². The van der Waals surface area contributed by atoms with Crippen LogP contribution in [0.4, 0.5) is 0 Å². The van der Waals surface area contributed by atoms with Gasteiger partial charge in [0, 0.05) is 22.8 Å². The van der Waals surface area contributed by atoms with E-state index in [-0.39, 0.29) is 5.78 Å². The number of hydrogen-bond donors (Lipinski definition) is 0. The highest BCUT2D eigenvalue weighted by molar-refractivity contribution is 6.07. The number of Topliss-reactive ketones (excluding diaryl/α,β-unsaturated/α-hetero) is 1. The lowest BCUT2D eigenvalue weighted by Crippen LogP contribution is -1.92. The standard InChI is InChI=1S/C17H12N2O/c1-12(20)16-11-19(17-5-3-2-4-15(16)17)14-8-6-13(10-18)7-9-14/h2-9,11H,1H3. The van der Waals surface area contributed by atoms with Crippen molar-refractivity contribution in [3.63, 3.8) is 0 Å². The van der Waals surface area contributed by atoms with E-state index >= 15 is 0 Å². The Kier molecular flexibility index (Phi) is 2.85. The minimum atomic E-state index is 0.0496. The van der Waals surface area contributed by atoms with Crippen molar-refractivity contribution in [3.05, 3.63) is 65.9 Å². The van der Waals surface area contributed by atoms with Gasteiger partial charge in [-0.15, -0.1) is 0 Å². The lowest BCUT2D eigenvalue weighted by Gasteiger charge is -2.04. The maximum Gasteiger partial charge on any atom is 0.161 e. The van der Waals surface area contributed by atoms with Gasteiger partial charge in [0.25, 0.3) is 0 Å². The van der Waals surface area contributed by atoms with Crippen molar-refractivity contribution in [3.8, 4) is 11.8 Å². The Morgan fingerprint density at radius 1 is 1.10 bits per heavy atom.